The van der Waals surface area contributed by atoms with Crippen molar-refractivity contribution in [1.82, 2.24) is 0 Å². The van der Waals surface area contributed by atoms with Crippen LogP contribution in [0, 0.1) is 0 Å². The molecule has 0 aliphatic rings. The number of unbranched alkanes of at least 4 members (excludes halogenated alkanes) is 24. The summed E-state index contributed by atoms with van der Waals surface area (Å²) in [5.41, 5.74) is 0. The van der Waals surface area contributed by atoms with E-state index >= 15 is 0 Å². The lowest BCUT2D eigenvalue weighted by Gasteiger charge is -2.21. The summed E-state index contributed by atoms with van der Waals surface area (Å²) in [5.74, 6) is -1.63. The number of carbonyl (C=O) groups excluding carboxylic acids is 3. The van der Waals surface area contributed by atoms with Crippen molar-refractivity contribution in [2.24, 2.45) is 0 Å². The summed E-state index contributed by atoms with van der Waals surface area (Å²) in [6.45, 7) is 4.40. The zero-order chi connectivity index (χ0) is 54.1. The summed E-state index contributed by atoms with van der Waals surface area (Å²) in [6.07, 6.45) is 64.3. The monoisotopic (exact) mass is 1060 g/mol. The normalized spacial score (nSPS) is 14.0. The molecule has 0 radical (unpaired) electrons. The molecule has 0 aromatic rings. The van der Waals surface area contributed by atoms with Gasteiger partial charge in [0.05, 0.1) is 26.2 Å². The number of phosphoric acid groups is 1. The van der Waals surface area contributed by atoms with Gasteiger partial charge in [-0.25, -0.2) is 4.57 Å². The Kier molecular flexibility index (Phi) is 53.4. The standard InChI is InChI=1S/C62H107O11P/c1-4-7-10-13-16-19-22-25-27-28-29-30-32-35-38-41-44-47-50-53-62(66)73-59(55-69-60(64)51-48-45-42-39-36-34-31-26-23-20-17-14-11-8-5-2)57-71-74(67,68)70-56-58(54-63)72-61(65)52-49-46-43-40-37-33-24-21-18-15-12-9-6-3/h8,11,17,20-21,24-27,31,36,39,45,48,58-59,63H,4-7,9-10,12-16,18-19,22-23,28-30,32-35,37-38,40-44,46-47,49-57H2,1-3H3,(H,67,68)/b11-8-,20-17-,24-21-,27-25-,31-26-,39-36-,48-45-. The molecule has 0 bridgehead atoms. The summed E-state index contributed by atoms with van der Waals surface area (Å²) >= 11 is 0. The maximum atomic E-state index is 12.9. The highest BCUT2D eigenvalue weighted by Gasteiger charge is 2.28. The highest BCUT2D eigenvalue weighted by atomic mass is 31.2. The SMILES string of the molecule is CC/C=C\C/C=C\C/C=C\C/C=C\C/C=C\CC(=O)OCC(COP(=O)(O)OCC(CO)OC(=O)CCCCCCC/C=C\CCCCCC)OC(=O)CCCCCCCCCCC/C=C\CCCCCCCC. The maximum absolute atomic E-state index is 12.9. The summed E-state index contributed by atoms with van der Waals surface area (Å²) < 4.78 is 39.4. The van der Waals surface area contributed by atoms with Gasteiger partial charge in [0.2, 0.25) is 0 Å². The molecule has 0 fully saturated rings. The molecule has 0 saturated heterocycles. The Labute approximate surface area is 451 Å². The third-order valence-corrected chi connectivity index (χ3v) is 13.3. The van der Waals surface area contributed by atoms with Gasteiger partial charge in [-0.1, -0.05) is 221 Å². The minimum absolute atomic E-state index is 0.00814. The molecule has 74 heavy (non-hydrogen) atoms. The Bertz CT molecular complexity index is 1560. The first kappa shape index (κ1) is 70.7. The predicted molar refractivity (Wildman–Crippen MR) is 307 cm³/mol. The van der Waals surface area contributed by atoms with Crippen molar-refractivity contribution in [3.63, 3.8) is 0 Å². The highest BCUT2D eigenvalue weighted by Crippen LogP contribution is 2.43. The van der Waals surface area contributed by atoms with Crippen LogP contribution in [0.3, 0.4) is 0 Å². The summed E-state index contributed by atoms with van der Waals surface area (Å²) in [7, 11) is -4.77. The minimum atomic E-state index is -4.77. The van der Waals surface area contributed by atoms with Gasteiger partial charge < -0.3 is 24.2 Å². The van der Waals surface area contributed by atoms with E-state index in [1.807, 2.05) is 12.2 Å². The molecule has 0 aliphatic carbocycles. The second-order valence-corrected chi connectivity index (χ2v) is 20.9. The van der Waals surface area contributed by atoms with E-state index in [1.165, 1.54) is 109 Å². The summed E-state index contributed by atoms with van der Waals surface area (Å²) in [4.78, 5) is 48.5. The molecule has 0 rings (SSSR count). The van der Waals surface area contributed by atoms with Gasteiger partial charge in [-0.2, -0.15) is 0 Å². The van der Waals surface area contributed by atoms with E-state index in [2.05, 4.69) is 87.6 Å². The van der Waals surface area contributed by atoms with Gasteiger partial charge in [-0.15, -0.1) is 0 Å². The van der Waals surface area contributed by atoms with E-state index in [1.54, 1.807) is 6.08 Å². The van der Waals surface area contributed by atoms with Gasteiger partial charge in [-0.3, -0.25) is 23.4 Å². The molecule has 0 amide bonds. The minimum Gasteiger partial charge on any atom is -0.461 e. The van der Waals surface area contributed by atoms with E-state index in [4.69, 9.17) is 23.3 Å². The van der Waals surface area contributed by atoms with Crippen molar-refractivity contribution in [2.75, 3.05) is 26.4 Å². The third-order valence-electron chi connectivity index (χ3n) is 12.3. The number of hydrogen-bond donors (Lipinski definition) is 2. The largest absolute Gasteiger partial charge is 0.472 e. The molecule has 0 saturated carbocycles. The lowest BCUT2D eigenvalue weighted by molar-refractivity contribution is -0.161. The van der Waals surface area contributed by atoms with E-state index in [-0.39, 0.29) is 19.3 Å². The molecule has 12 heteroatoms. The van der Waals surface area contributed by atoms with Gasteiger partial charge in [0.25, 0.3) is 0 Å². The first-order valence-electron chi connectivity index (χ1n) is 29.5. The Balaban J connectivity index is 4.81. The number of hydrogen-bond acceptors (Lipinski definition) is 10. The predicted octanol–water partition coefficient (Wildman–Crippen LogP) is 17.5. The molecule has 3 atom stereocenters. The fourth-order valence-electron chi connectivity index (χ4n) is 7.83. The molecular formula is C62H107O11P. The molecule has 426 valence electrons. The van der Waals surface area contributed by atoms with Gasteiger partial charge in [-0.05, 0) is 96.3 Å². The number of carbonyl (C=O) groups is 3. The third kappa shape index (κ3) is 53.5. The van der Waals surface area contributed by atoms with Crippen molar-refractivity contribution >= 4 is 25.7 Å². The van der Waals surface area contributed by atoms with Crippen LogP contribution in [0.1, 0.15) is 252 Å². The van der Waals surface area contributed by atoms with Crippen LogP contribution in [-0.4, -0.2) is 66.5 Å². The Hall–Kier alpha value is -3.34. The molecule has 3 unspecified atom stereocenters. The zero-order valence-electron chi connectivity index (χ0n) is 47.0. The van der Waals surface area contributed by atoms with E-state index in [0.29, 0.717) is 19.3 Å². The number of esters is 3. The van der Waals surface area contributed by atoms with Crippen LogP contribution in [0.15, 0.2) is 85.1 Å². The molecule has 0 aliphatic heterocycles. The van der Waals surface area contributed by atoms with Crippen molar-refractivity contribution < 1.29 is 52.2 Å². The van der Waals surface area contributed by atoms with Crippen molar-refractivity contribution in [3.8, 4) is 0 Å². The quantitative estimate of drug-likeness (QED) is 0.0197. The van der Waals surface area contributed by atoms with Gasteiger partial charge in [0.1, 0.15) is 12.7 Å². The number of rotatable bonds is 54. The molecule has 2 N–H and O–H groups in total. The van der Waals surface area contributed by atoms with Gasteiger partial charge in [0.15, 0.2) is 6.10 Å². The lowest BCUT2D eigenvalue weighted by atomic mass is 10.1. The van der Waals surface area contributed by atoms with Crippen molar-refractivity contribution in [1.29, 1.82) is 0 Å². The van der Waals surface area contributed by atoms with Crippen LogP contribution >= 0.6 is 7.82 Å². The fraction of sp³-hybridized carbons (Fsp3) is 0.726. The maximum Gasteiger partial charge on any atom is 0.472 e. The van der Waals surface area contributed by atoms with E-state index in [0.717, 1.165) is 83.5 Å². The number of aliphatic hydroxyl groups excluding tert-OH is 1. The van der Waals surface area contributed by atoms with Crippen molar-refractivity contribution in [3.05, 3.63) is 85.1 Å². The molecule has 11 nitrogen and oxygen atoms in total. The second-order valence-electron chi connectivity index (χ2n) is 19.4. The van der Waals surface area contributed by atoms with E-state index in [9.17, 15) is 28.9 Å². The highest BCUT2D eigenvalue weighted by molar-refractivity contribution is 7.47. The van der Waals surface area contributed by atoms with E-state index < -0.39 is 64.4 Å². The fourth-order valence-corrected chi connectivity index (χ4v) is 8.61. The smallest absolute Gasteiger partial charge is 0.461 e. The Morgan fingerprint density at radius 2 is 0.743 bits per heavy atom. The molecule has 0 aromatic carbocycles. The van der Waals surface area contributed by atoms with Gasteiger partial charge in [0, 0.05) is 12.8 Å². The van der Waals surface area contributed by atoms with Gasteiger partial charge >= 0.3 is 25.7 Å². The number of ether oxygens (including phenoxy) is 3. The second kappa shape index (κ2) is 55.9. The molecule has 0 spiro atoms. The zero-order valence-corrected chi connectivity index (χ0v) is 47.9. The average molecular weight is 1060 g/mol. The van der Waals surface area contributed by atoms with Crippen LogP contribution in [0.5, 0.6) is 0 Å². The molecule has 0 aromatic heterocycles. The van der Waals surface area contributed by atoms with Crippen molar-refractivity contribution in [2.45, 2.75) is 264 Å². The Morgan fingerprint density at radius 1 is 0.405 bits per heavy atom. The van der Waals surface area contributed by atoms with Crippen LogP contribution in [0.2, 0.25) is 0 Å². The first-order chi connectivity index (χ1) is 36.2. The van der Waals surface area contributed by atoms with Crippen LogP contribution in [0.4, 0.5) is 0 Å². The number of aliphatic hydroxyl groups is 1. The van der Waals surface area contributed by atoms with Crippen LogP contribution in [-0.2, 0) is 42.2 Å². The number of allylic oxidation sites excluding steroid dienone is 13. The molecular weight excluding hydrogens is 952 g/mol. The van der Waals surface area contributed by atoms with Crippen LogP contribution in [0.25, 0.3) is 0 Å². The molecule has 0 heterocycles. The topological polar surface area (TPSA) is 155 Å². The Morgan fingerprint density at radius 3 is 1.15 bits per heavy atom. The summed E-state index contributed by atoms with van der Waals surface area (Å²) in [6, 6.07) is 0. The first-order valence-corrected chi connectivity index (χ1v) is 31.0. The average Bonchev–Trinajstić information content (AvgIpc) is 3.39. The lowest BCUT2D eigenvalue weighted by Crippen LogP contribution is -2.30. The number of phosphoric ester groups is 1. The summed E-state index contributed by atoms with van der Waals surface area (Å²) in [5, 5.41) is 9.81. The van der Waals surface area contributed by atoms with Crippen LogP contribution < -0.4 is 0 Å².